The maximum Gasteiger partial charge on any atom is 0.328 e. The third-order valence-electron chi connectivity index (χ3n) is 1.59. The van der Waals surface area contributed by atoms with Crippen LogP contribution in [0.4, 0.5) is 0 Å². The van der Waals surface area contributed by atoms with E-state index in [1.54, 1.807) is 0 Å². The second-order valence-corrected chi connectivity index (χ2v) is 4.88. The number of hydrogen-bond acceptors (Lipinski definition) is 2. The average molecular weight is 224 g/mol. The highest BCUT2D eigenvalue weighted by Gasteiger charge is 2.17. The Bertz CT molecular complexity index is 152. The summed E-state index contributed by atoms with van der Waals surface area (Å²) < 4.78 is 16.1. The van der Waals surface area contributed by atoms with Gasteiger partial charge in [-0.15, -0.1) is 0 Å². The maximum atomic E-state index is 11.2. The van der Waals surface area contributed by atoms with Crippen LogP contribution in [-0.2, 0) is 9.09 Å². The van der Waals surface area contributed by atoms with Crippen LogP contribution in [0.5, 0.6) is 0 Å². The molecule has 0 bridgehead atoms. The molecule has 0 aliphatic carbocycles. The summed E-state index contributed by atoms with van der Waals surface area (Å²) in [7, 11) is -3.24. The van der Waals surface area contributed by atoms with Gasteiger partial charge < -0.3 is 9.42 Å². The van der Waals surface area contributed by atoms with Crippen LogP contribution in [0.15, 0.2) is 0 Å². The van der Waals surface area contributed by atoms with Crippen molar-refractivity contribution in [3.8, 4) is 0 Å². The van der Waals surface area contributed by atoms with E-state index in [1.807, 2.05) is 13.8 Å². The molecule has 0 aromatic heterocycles. The molecule has 0 saturated carbocycles. The summed E-state index contributed by atoms with van der Waals surface area (Å²) in [6.07, 6.45) is 3.85. The highest BCUT2D eigenvalue weighted by molar-refractivity contribution is 7.52. The van der Waals surface area contributed by atoms with Gasteiger partial charge in [0.1, 0.15) is 0 Å². The maximum absolute atomic E-state index is 11.2. The molecule has 1 N–H and O–H groups in total. The van der Waals surface area contributed by atoms with E-state index < -0.39 is 7.60 Å². The highest BCUT2D eigenvalue weighted by Crippen LogP contribution is 2.42. The lowest BCUT2D eigenvalue weighted by Gasteiger charge is -2.10. The summed E-state index contributed by atoms with van der Waals surface area (Å²) in [5, 5.41) is 0. The molecule has 0 rings (SSSR count). The van der Waals surface area contributed by atoms with Gasteiger partial charge in [0, 0.05) is 6.16 Å². The third-order valence-corrected chi connectivity index (χ3v) is 3.05. The molecule has 0 spiro atoms. The highest BCUT2D eigenvalue weighted by atomic mass is 31.2. The molecule has 1 unspecified atom stereocenters. The predicted molar refractivity (Wildman–Crippen MR) is 60.4 cm³/mol. The van der Waals surface area contributed by atoms with Crippen LogP contribution in [0.25, 0.3) is 0 Å². The second kappa shape index (κ2) is 9.25. The lowest BCUT2D eigenvalue weighted by molar-refractivity contribution is 0.254. The van der Waals surface area contributed by atoms with E-state index >= 15 is 0 Å². The van der Waals surface area contributed by atoms with Crippen molar-refractivity contribution < 1.29 is 14.0 Å². The molecule has 13 heavy (non-hydrogen) atoms. The minimum absolute atomic E-state index is 0. The second-order valence-electron chi connectivity index (χ2n) is 2.90. The molecule has 0 saturated heterocycles. The molecule has 0 radical (unpaired) electrons. The smallest absolute Gasteiger partial charge is 0.324 e. The van der Waals surface area contributed by atoms with Gasteiger partial charge in [0.15, 0.2) is 17.4 Å². The normalized spacial score (nSPS) is 14.7. The van der Waals surface area contributed by atoms with Gasteiger partial charge in [-0.3, -0.25) is 4.57 Å². The van der Waals surface area contributed by atoms with Crippen molar-refractivity contribution in [3.05, 3.63) is 0 Å². The van der Waals surface area contributed by atoms with Crippen LogP contribution >= 0.6 is 7.60 Å². The van der Waals surface area contributed by atoms with Crippen molar-refractivity contribution in [2.24, 2.45) is 0 Å². The van der Waals surface area contributed by atoms with E-state index in [4.69, 9.17) is 4.52 Å². The summed E-state index contributed by atoms with van der Waals surface area (Å²) in [5.41, 5.74) is 0. The molecule has 5 heteroatoms. The number of unbranched alkanes of at least 4 members (excludes halogenated alkanes) is 2. The first-order valence-electron chi connectivity index (χ1n) is 4.58. The molecule has 3 nitrogen and oxygen atoms in total. The Morgan fingerprint density at radius 2 is 1.77 bits per heavy atom. The Hall–Kier alpha value is 0.682. The van der Waals surface area contributed by atoms with Gasteiger partial charge in [-0.05, 0) is 12.8 Å². The van der Waals surface area contributed by atoms with Gasteiger partial charge in [-0.2, -0.15) is 0 Å². The van der Waals surface area contributed by atoms with Crippen LogP contribution in [-0.4, -0.2) is 35.0 Å². The molecule has 0 aromatic carbocycles. The zero-order valence-corrected chi connectivity index (χ0v) is 8.85. The van der Waals surface area contributed by atoms with Crippen molar-refractivity contribution in [3.63, 3.8) is 0 Å². The van der Waals surface area contributed by atoms with Gasteiger partial charge in [-0.25, -0.2) is 0 Å². The van der Waals surface area contributed by atoms with Crippen molar-refractivity contribution in [2.75, 3.05) is 12.8 Å². The van der Waals surface area contributed by atoms with Crippen LogP contribution in [0.2, 0.25) is 0 Å². The fraction of sp³-hybridized carbons (Fsp3) is 1.00. The molecule has 0 aliphatic rings. The minimum Gasteiger partial charge on any atom is -0.324 e. The van der Waals surface area contributed by atoms with E-state index in [0.717, 1.165) is 25.7 Å². The first kappa shape index (κ1) is 16.1. The average Bonchev–Trinajstić information content (AvgIpc) is 2.01. The zero-order chi connectivity index (χ0) is 9.45. The molecule has 0 heterocycles. The predicted octanol–water partition coefficient (Wildman–Crippen LogP) is 1.60. The fourth-order valence-corrected chi connectivity index (χ4v) is 2.03. The molecular weight excluding hydrogens is 202 g/mol. The quantitative estimate of drug-likeness (QED) is 0.406. The number of hydrogen-bond donors (Lipinski definition) is 1. The van der Waals surface area contributed by atoms with Crippen molar-refractivity contribution in [2.45, 2.75) is 39.5 Å². The molecule has 0 fully saturated rings. The van der Waals surface area contributed by atoms with Gasteiger partial charge in [0.25, 0.3) is 0 Å². The summed E-state index contributed by atoms with van der Waals surface area (Å²) in [6, 6.07) is 0. The summed E-state index contributed by atoms with van der Waals surface area (Å²) in [4.78, 5) is 9.21. The first-order valence-corrected chi connectivity index (χ1v) is 6.35. The summed E-state index contributed by atoms with van der Waals surface area (Å²) in [6.45, 7) is 4.43. The topological polar surface area (TPSA) is 46.5 Å². The molecule has 0 aromatic rings. The Labute approximate surface area is 91.5 Å². The van der Waals surface area contributed by atoms with E-state index in [9.17, 15) is 9.46 Å². The Morgan fingerprint density at radius 3 is 2.23 bits per heavy atom. The molecule has 0 amide bonds. The minimum atomic E-state index is -3.24. The standard InChI is InChI=1S/C8H19O3P.Al.3H/c1-3-5-7-11-12(9,10)8-6-4-2;;;;/h3-8H2,1-2H3,(H,9,10);;;;. The summed E-state index contributed by atoms with van der Waals surface area (Å²) >= 11 is 0. The van der Waals surface area contributed by atoms with Crippen molar-refractivity contribution >= 4 is 25.0 Å². The molecule has 0 aliphatic heterocycles. The number of rotatable bonds is 7. The fourth-order valence-electron chi connectivity index (χ4n) is 0.774. The van der Waals surface area contributed by atoms with Crippen molar-refractivity contribution in [1.82, 2.24) is 0 Å². The van der Waals surface area contributed by atoms with E-state index in [2.05, 4.69) is 0 Å². The van der Waals surface area contributed by atoms with E-state index in [-0.39, 0.29) is 17.4 Å². The van der Waals surface area contributed by atoms with Crippen LogP contribution in [0.3, 0.4) is 0 Å². The Morgan fingerprint density at radius 1 is 1.23 bits per heavy atom. The Balaban J connectivity index is 0. The van der Waals surface area contributed by atoms with E-state index in [1.165, 1.54) is 0 Å². The van der Waals surface area contributed by atoms with Gasteiger partial charge in [-0.1, -0.05) is 26.7 Å². The van der Waals surface area contributed by atoms with Crippen LogP contribution in [0, 0.1) is 0 Å². The largest absolute Gasteiger partial charge is 0.328 e. The SMILES string of the molecule is CCCCOP(=O)(O)CCCC.[AlH3]. The molecule has 80 valence electrons. The molecule has 1 atom stereocenters. The lowest BCUT2D eigenvalue weighted by atomic mass is 10.4. The summed E-state index contributed by atoms with van der Waals surface area (Å²) in [5.74, 6) is 0. The first-order chi connectivity index (χ1) is 5.62. The van der Waals surface area contributed by atoms with Gasteiger partial charge in [0.05, 0.1) is 6.61 Å². The zero-order valence-electron chi connectivity index (χ0n) is 7.95. The van der Waals surface area contributed by atoms with Crippen LogP contribution in [0.1, 0.15) is 39.5 Å². The van der Waals surface area contributed by atoms with Crippen molar-refractivity contribution in [1.29, 1.82) is 0 Å². The van der Waals surface area contributed by atoms with E-state index in [0.29, 0.717) is 12.8 Å². The monoisotopic (exact) mass is 224 g/mol. The molecular formula is C8H22AlO3P. The van der Waals surface area contributed by atoms with Crippen LogP contribution < -0.4 is 0 Å². The van der Waals surface area contributed by atoms with Gasteiger partial charge >= 0.3 is 7.60 Å². The van der Waals surface area contributed by atoms with Gasteiger partial charge in [0.2, 0.25) is 0 Å². The Kier molecular flexibility index (Phi) is 11.5. The third kappa shape index (κ3) is 10.6. The lowest BCUT2D eigenvalue weighted by Crippen LogP contribution is -1.96.